The first kappa shape index (κ1) is 13.3. The van der Waals surface area contributed by atoms with Crippen LogP contribution in [-0.4, -0.2) is 19.8 Å². The van der Waals surface area contributed by atoms with Gasteiger partial charge in [0.25, 0.3) is 0 Å². The molecule has 1 fully saturated rings. The number of rotatable bonds is 2. The molecule has 3 nitrogen and oxygen atoms in total. The zero-order valence-electron chi connectivity index (χ0n) is 9.67. The number of nitrogens with two attached hydrogens (primary N) is 1. The molecule has 0 aliphatic carbocycles. The summed E-state index contributed by atoms with van der Waals surface area (Å²) in [4.78, 5) is 0. The Bertz CT molecular complexity index is 397. The molecule has 0 amide bonds. The van der Waals surface area contributed by atoms with E-state index in [1.165, 1.54) is 12.1 Å². The second kappa shape index (κ2) is 4.87. The maximum Gasteiger partial charge on any atom is 0.416 e. The molecule has 0 unspecified atom stereocenters. The summed E-state index contributed by atoms with van der Waals surface area (Å²) in [6, 6.07) is 4.71. The van der Waals surface area contributed by atoms with E-state index in [0.717, 1.165) is 18.6 Å². The smallest absolute Gasteiger partial charge is 0.345 e. The van der Waals surface area contributed by atoms with Crippen molar-refractivity contribution in [3.8, 4) is 0 Å². The van der Waals surface area contributed by atoms with Gasteiger partial charge in [0.1, 0.15) is 0 Å². The van der Waals surface area contributed by atoms with Gasteiger partial charge in [-0.25, -0.2) is 0 Å². The maximum absolute atomic E-state index is 12.5. The minimum Gasteiger partial charge on any atom is -0.345 e. The number of benzene rings is 1. The fraction of sp³-hybridized carbons (Fsp3) is 0.500. The molecule has 0 aromatic heterocycles. The molecule has 1 aliphatic rings. The number of hydrogen-bond acceptors (Lipinski definition) is 3. The van der Waals surface area contributed by atoms with Crippen LogP contribution in [0.1, 0.15) is 17.5 Å². The Balaban J connectivity index is 2.27. The van der Waals surface area contributed by atoms with Crippen molar-refractivity contribution in [2.75, 3.05) is 19.8 Å². The highest BCUT2D eigenvalue weighted by molar-refractivity contribution is 5.28. The summed E-state index contributed by atoms with van der Waals surface area (Å²) in [6.07, 6.45) is -3.59. The standard InChI is InChI=1S/C12H14F3NO2/c13-12(14,15)10-4-2-9(3-5-10)11(8-16)17-6-1-7-18-11/h2-5H,1,6-8,16H2. The van der Waals surface area contributed by atoms with E-state index < -0.39 is 17.5 Å². The second-order valence-corrected chi connectivity index (χ2v) is 4.08. The van der Waals surface area contributed by atoms with E-state index in [4.69, 9.17) is 15.2 Å². The van der Waals surface area contributed by atoms with E-state index in [0.29, 0.717) is 18.8 Å². The predicted molar refractivity (Wildman–Crippen MR) is 58.7 cm³/mol. The highest BCUT2D eigenvalue weighted by atomic mass is 19.4. The van der Waals surface area contributed by atoms with Crippen molar-refractivity contribution in [1.29, 1.82) is 0 Å². The van der Waals surface area contributed by atoms with Crippen LogP contribution in [0.4, 0.5) is 13.2 Å². The van der Waals surface area contributed by atoms with Crippen LogP contribution in [0, 0.1) is 0 Å². The van der Waals surface area contributed by atoms with Crippen LogP contribution in [0.25, 0.3) is 0 Å². The van der Waals surface area contributed by atoms with Gasteiger partial charge in [0.15, 0.2) is 0 Å². The molecule has 2 N–H and O–H groups in total. The summed E-state index contributed by atoms with van der Waals surface area (Å²) in [6.45, 7) is 1.04. The molecule has 18 heavy (non-hydrogen) atoms. The number of halogens is 3. The zero-order chi connectivity index (χ0) is 13.2. The monoisotopic (exact) mass is 261 g/mol. The molecule has 0 saturated carbocycles. The Morgan fingerprint density at radius 3 is 2.11 bits per heavy atom. The van der Waals surface area contributed by atoms with Gasteiger partial charge in [-0.3, -0.25) is 0 Å². The summed E-state index contributed by atoms with van der Waals surface area (Å²) in [5, 5.41) is 0. The van der Waals surface area contributed by atoms with Crippen LogP contribution in [0.3, 0.4) is 0 Å². The molecule has 1 saturated heterocycles. The Kier molecular flexibility index (Phi) is 3.61. The lowest BCUT2D eigenvalue weighted by Gasteiger charge is -2.36. The van der Waals surface area contributed by atoms with Gasteiger partial charge in [-0.15, -0.1) is 0 Å². The first-order chi connectivity index (χ1) is 8.48. The van der Waals surface area contributed by atoms with Crippen LogP contribution >= 0.6 is 0 Å². The average molecular weight is 261 g/mol. The van der Waals surface area contributed by atoms with E-state index in [2.05, 4.69) is 0 Å². The van der Waals surface area contributed by atoms with Gasteiger partial charge < -0.3 is 15.2 Å². The molecule has 1 heterocycles. The van der Waals surface area contributed by atoms with E-state index in [1.807, 2.05) is 0 Å². The fourth-order valence-corrected chi connectivity index (χ4v) is 1.89. The van der Waals surface area contributed by atoms with Gasteiger partial charge in [0, 0.05) is 5.56 Å². The topological polar surface area (TPSA) is 44.5 Å². The van der Waals surface area contributed by atoms with Gasteiger partial charge in [0.05, 0.1) is 25.3 Å². The lowest BCUT2D eigenvalue weighted by molar-refractivity contribution is -0.269. The molecule has 0 radical (unpaired) electrons. The van der Waals surface area contributed by atoms with Crippen molar-refractivity contribution >= 4 is 0 Å². The van der Waals surface area contributed by atoms with E-state index in [9.17, 15) is 13.2 Å². The summed E-state index contributed by atoms with van der Waals surface area (Å²) < 4.78 is 48.4. The molecule has 0 atom stereocenters. The second-order valence-electron chi connectivity index (χ2n) is 4.08. The number of alkyl halides is 3. The van der Waals surface area contributed by atoms with E-state index in [1.54, 1.807) is 0 Å². The Morgan fingerprint density at radius 1 is 1.11 bits per heavy atom. The average Bonchev–Trinajstić information content (AvgIpc) is 2.39. The zero-order valence-corrected chi connectivity index (χ0v) is 9.67. The highest BCUT2D eigenvalue weighted by Crippen LogP contribution is 2.33. The molecule has 0 bridgehead atoms. The van der Waals surface area contributed by atoms with Crippen molar-refractivity contribution in [3.05, 3.63) is 35.4 Å². The molecular weight excluding hydrogens is 247 g/mol. The molecule has 1 aromatic rings. The van der Waals surface area contributed by atoms with Gasteiger partial charge in [-0.1, -0.05) is 12.1 Å². The maximum atomic E-state index is 12.5. The quantitative estimate of drug-likeness (QED) is 0.888. The van der Waals surface area contributed by atoms with Gasteiger partial charge in [0.2, 0.25) is 5.79 Å². The molecule has 1 aromatic carbocycles. The van der Waals surface area contributed by atoms with Gasteiger partial charge in [-0.2, -0.15) is 13.2 Å². The van der Waals surface area contributed by atoms with Crippen molar-refractivity contribution in [1.82, 2.24) is 0 Å². The minimum absolute atomic E-state index is 0.0678. The van der Waals surface area contributed by atoms with Gasteiger partial charge >= 0.3 is 6.18 Å². The summed E-state index contributed by atoms with van der Waals surface area (Å²) >= 11 is 0. The third kappa shape index (κ3) is 2.50. The normalized spacial score (nSPS) is 19.8. The third-order valence-corrected chi connectivity index (χ3v) is 2.88. The number of hydrogen-bond donors (Lipinski definition) is 1. The van der Waals surface area contributed by atoms with Gasteiger partial charge in [-0.05, 0) is 18.6 Å². The van der Waals surface area contributed by atoms with Crippen LogP contribution in [-0.2, 0) is 21.4 Å². The Morgan fingerprint density at radius 2 is 1.67 bits per heavy atom. The summed E-state index contributed by atoms with van der Waals surface area (Å²) in [7, 11) is 0. The van der Waals surface area contributed by atoms with Crippen LogP contribution in [0.2, 0.25) is 0 Å². The fourth-order valence-electron chi connectivity index (χ4n) is 1.89. The van der Waals surface area contributed by atoms with Crippen molar-refractivity contribution in [2.24, 2.45) is 5.73 Å². The molecular formula is C12H14F3NO2. The molecule has 100 valence electrons. The molecule has 2 rings (SSSR count). The SMILES string of the molecule is NCC1(c2ccc(C(F)(F)F)cc2)OCCCO1. The Labute approximate surface area is 103 Å². The summed E-state index contributed by atoms with van der Waals surface area (Å²) in [5.41, 5.74) is 5.43. The molecule has 1 aliphatic heterocycles. The van der Waals surface area contributed by atoms with Crippen LogP contribution < -0.4 is 5.73 Å². The predicted octanol–water partition coefficient (Wildman–Crippen LogP) is 2.25. The first-order valence-corrected chi connectivity index (χ1v) is 5.64. The number of ether oxygens (including phenoxy) is 2. The largest absolute Gasteiger partial charge is 0.416 e. The van der Waals surface area contributed by atoms with Crippen LogP contribution in [0.5, 0.6) is 0 Å². The van der Waals surface area contributed by atoms with Crippen LogP contribution in [0.15, 0.2) is 24.3 Å². The molecule has 6 heteroatoms. The lowest BCUT2D eigenvalue weighted by atomic mass is 10.0. The molecule has 0 spiro atoms. The van der Waals surface area contributed by atoms with E-state index in [-0.39, 0.29) is 6.54 Å². The third-order valence-electron chi connectivity index (χ3n) is 2.88. The Hall–Kier alpha value is -1.11. The minimum atomic E-state index is -4.34. The summed E-state index contributed by atoms with van der Waals surface area (Å²) in [5.74, 6) is -1.11. The van der Waals surface area contributed by atoms with Crippen molar-refractivity contribution in [3.63, 3.8) is 0 Å². The lowest BCUT2D eigenvalue weighted by Crippen LogP contribution is -2.44. The first-order valence-electron chi connectivity index (χ1n) is 5.64. The van der Waals surface area contributed by atoms with Crippen molar-refractivity contribution < 1.29 is 22.6 Å². The highest BCUT2D eigenvalue weighted by Gasteiger charge is 2.36. The van der Waals surface area contributed by atoms with Crippen molar-refractivity contribution in [2.45, 2.75) is 18.4 Å². The van der Waals surface area contributed by atoms with E-state index >= 15 is 0 Å².